The maximum absolute atomic E-state index is 13.2. The van der Waals surface area contributed by atoms with Crippen molar-refractivity contribution >= 4 is 23.6 Å². The number of phenolic OH excluding ortho intramolecular Hbond substituents is 1. The van der Waals surface area contributed by atoms with Crippen LogP contribution < -0.4 is 9.64 Å². The maximum Gasteiger partial charge on any atom is 0.340 e. The van der Waals surface area contributed by atoms with Crippen LogP contribution in [0.1, 0.15) is 26.3 Å². The van der Waals surface area contributed by atoms with Gasteiger partial charge in [0.15, 0.2) is 0 Å². The fourth-order valence-electron chi connectivity index (χ4n) is 3.19. The molecule has 1 aliphatic rings. The molecule has 0 spiro atoms. The van der Waals surface area contributed by atoms with Gasteiger partial charge in [-0.05, 0) is 68.8 Å². The van der Waals surface area contributed by atoms with E-state index in [2.05, 4.69) is 0 Å². The lowest BCUT2D eigenvalue weighted by atomic mass is 10.0. The van der Waals surface area contributed by atoms with Gasteiger partial charge in [-0.25, -0.2) is 4.79 Å². The van der Waals surface area contributed by atoms with Gasteiger partial charge in [0, 0.05) is 11.4 Å². The van der Waals surface area contributed by atoms with Gasteiger partial charge in [0.2, 0.25) is 0 Å². The Kier molecular flexibility index (Phi) is 6.02. The minimum atomic E-state index is -0.545. The summed E-state index contributed by atoms with van der Waals surface area (Å²) in [4.78, 5) is 27.4. The average Bonchev–Trinajstić information content (AvgIpc) is 2.95. The van der Waals surface area contributed by atoms with Crippen LogP contribution in [0.3, 0.4) is 0 Å². The fraction of sp³-hybridized carbons (Fsp3) is 0.217. The standard InChI is InChI=1S/C23H23NO5/c1-4-28-19-12-8-17(9-13-19)24-15(3)21(23(27)29-5-2)20(22(24)26)14-16-6-10-18(25)11-7-16/h6-14,25H,4-5H2,1-3H3/b20-14-. The molecule has 0 atom stereocenters. The largest absolute Gasteiger partial charge is 0.508 e. The van der Waals surface area contributed by atoms with E-state index in [4.69, 9.17) is 9.47 Å². The van der Waals surface area contributed by atoms with E-state index in [-0.39, 0.29) is 29.4 Å². The van der Waals surface area contributed by atoms with E-state index in [0.29, 0.717) is 29.3 Å². The lowest BCUT2D eigenvalue weighted by Gasteiger charge is -2.18. The molecule has 6 nitrogen and oxygen atoms in total. The summed E-state index contributed by atoms with van der Waals surface area (Å²) in [7, 11) is 0. The third-order valence-corrected chi connectivity index (χ3v) is 4.49. The Morgan fingerprint density at radius 3 is 2.28 bits per heavy atom. The van der Waals surface area contributed by atoms with E-state index in [1.165, 1.54) is 17.0 Å². The number of allylic oxidation sites excluding steroid dienone is 1. The van der Waals surface area contributed by atoms with Gasteiger partial charge in [-0.1, -0.05) is 12.1 Å². The smallest absolute Gasteiger partial charge is 0.340 e. The van der Waals surface area contributed by atoms with E-state index < -0.39 is 5.97 Å². The summed E-state index contributed by atoms with van der Waals surface area (Å²) >= 11 is 0. The van der Waals surface area contributed by atoms with Crippen molar-refractivity contribution in [1.82, 2.24) is 0 Å². The number of ether oxygens (including phenoxy) is 2. The Bertz CT molecular complexity index is 971. The molecule has 29 heavy (non-hydrogen) atoms. The summed E-state index contributed by atoms with van der Waals surface area (Å²) in [5.41, 5.74) is 2.31. The number of phenols is 1. The van der Waals surface area contributed by atoms with Crippen LogP contribution in [0, 0.1) is 0 Å². The molecule has 0 saturated carbocycles. The van der Waals surface area contributed by atoms with Crippen LogP contribution >= 0.6 is 0 Å². The molecule has 1 N–H and O–H groups in total. The molecule has 0 radical (unpaired) electrons. The molecule has 0 bridgehead atoms. The topological polar surface area (TPSA) is 76.1 Å². The van der Waals surface area contributed by atoms with E-state index in [1.807, 2.05) is 6.92 Å². The first-order valence-corrected chi connectivity index (χ1v) is 9.42. The van der Waals surface area contributed by atoms with Crippen LogP contribution in [0.15, 0.2) is 65.4 Å². The molecule has 0 aromatic heterocycles. The number of benzene rings is 2. The van der Waals surface area contributed by atoms with Gasteiger partial charge >= 0.3 is 5.97 Å². The summed E-state index contributed by atoms with van der Waals surface area (Å²) in [6, 6.07) is 13.5. The fourth-order valence-corrected chi connectivity index (χ4v) is 3.19. The van der Waals surface area contributed by atoms with Crippen LogP contribution in [0.4, 0.5) is 5.69 Å². The molecule has 1 aliphatic heterocycles. The first kappa shape index (κ1) is 20.2. The third-order valence-electron chi connectivity index (χ3n) is 4.49. The SMILES string of the molecule is CCOC(=O)C1=C(C)N(c2ccc(OCC)cc2)C(=O)/C1=C\c1ccc(O)cc1. The molecule has 0 unspecified atom stereocenters. The van der Waals surface area contributed by atoms with Crippen LogP contribution in [-0.2, 0) is 14.3 Å². The third kappa shape index (κ3) is 4.16. The lowest BCUT2D eigenvalue weighted by molar-refractivity contribution is -0.138. The van der Waals surface area contributed by atoms with Gasteiger partial charge in [0.1, 0.15) is 11.5 Å². The van der Waals surface area contributed by atoms with Gasteiger partial charge in [-0.3, -0.25) is 9.69 Å². The summed E-state index contributed by atoms with van der Waals surface area (Å²) in [6.45, 7) is 6.10. The number of aromatic hydroxyl groups is 1. The molecular formula is C23H23NO5. The van der Waals surface area contributed by atoms with Crippen molar-refractivity contribution in [2.75, 3.05) is 18.1 Å². The minimum Gasteiger partial charge on any atom is -0.508 e. The number of amides is 1. The Labute approximate surface area is 169 Å². The highest BCUT2D eigenvalue weighted by molar-refractivity contribution is 6.23. The van der Waals surface area contributed by atoms with Crippen LogP contribution in [0.25, 0.3) is 6.08 Å². The van der Waals surface area contributed by atoms with Crippen molar-refractivity contribution in [3.63, 3.8) is 0 Å². The number of carbonyl (C=O) groups excluding carboxylic acids is 2. The van der Waals surface area contributed by atoms with E-state index in [9.17, 15) is 14.7 Å². The summed E-state index contributed by atoms with van der Waals surface area (Å²) < 4.78 is 10.6. The molecule has 150 valence electrons. The average molecular weight is 393 g/mol. The van der Waals surface area contributed by atoms with Crippen LogP contribution in [0.2, 0.25) is 0 Å². The van der Waals surface area contributed by atoms with Crippen LogP contribution in [0.5, 0.6) is 11.5 Å². The van der Waals surface area contributed by atoms with Gasteiger partial charge in [-0.15, -0.1) is 0 Å². The minimum absolute atomic E-state index is 0.123. The van der Waals surface area contributed by atoms with Gasteiger partial charge < -0.3 is 14.6 Å². The van der Waals surface area contributed by atoms with E-state index >= 15 is 0 Å². The van der Waals surface area contributed by atoms with Crippen molar-refractivity contribution in [3.05, 3.63) is 70.9 Å². The Balaban J connectivity index is 2.05. The highest BCUT2D eigenvalue weighted by Crippen LogP contribution is 2.36. The van der Waals surface area contributed by atoms with Crippen molar-refractivity contribution in [1.29, 1.82) is 0 Å². The predicted molar refractivity (Wildman–Crippen MR) is 111 cm³/mol. The number of hydrogen-bond donors (Lipinski definition) is 1. The van der Waals surface area contributed by atoms with Crippen molar-refractivity contribution in [3.8, 4) is 11.5 Å². The first-order chi connectivity index (χ1) is 14.0. The molecule has 1 heterocycles. The van der Waals surface area contributed by atoms with Crippen molar-refractivity contribution in [2.24, 2.45) is 0 Å². The number of rotatable bonds is 6. The molecule has 0 aliphatic carbocycles. The molecular weight excluding hydrogens is 370 g/mol. The number of hydrogen-bond acceptors (Lipinski definition) is 5. The molecule has 0 fully saturated rings. The zero-order valence-electron chi connectivity index (χ0n) is 16.6. The van der Waals surface area contributed by atoms with Crippen molar-refractivity contribution < 1.29 is 24.2 Å². The highest BCUT2D eigenvalue weighted by atomic mass is 16.5. The number of esters is 1. The molecule has 1 amide bonds. The summed E-state index contributed by atoms with van der Waals surface area (Å²) in [6.07, 6.45) is 1.63. The normalized spacial score (nSPS) is 15.2. The number of nitrogens with zero attached hydrogens (tertiary/aromatic N) is 1. The number of carbonyl (C=O) groups is 2. The van der Waals surface area contributed by atoms with E-state index in [0.717, 1.165) is 0 Å². The molecule has 2 aromatic rings. The second kappa shape index (κ2) is 8.65. The van der Waals surface area contributed by atoms with Crippen LogP contribution in [-0.4, -0.2) is 30.2 Å². The molecule has 2 aromatic carbocycles. The second-order valence-corrected chi connectivity index (χ2v) is 6.40. The Morgan fingerprint density at radius 1 is 1.03 bits per heavy atom. The first-order valence-electron chi connectivity index (χ1n) is 9.42. The second-order valence-electron chi connectivity index (χ2n) is 6.40. The zero-order valence-corrected chi connectivity index (χ0v) is 16.6. The van der Waals surface area contributed by atoms with Gasteiger partial charge in [-0.2, -0.15) is 0 Å². The van der Waals surface area contributed by atoms with Gasteiger partial charge in [0.05, 0.1) is 24.4 Å². The lowest BCUT2D eigenvalue weighted by Crippen LogP contribution is -2.24. The van der Waals surface area contributed by atoms with E-state index in [1.54, 1.807) is 56.3 Å². The zero-order chi connectivity index (χ0) is 21.0. The Morgan fingerprint density at radius 2 is 1.69 bits per heavy atom. The number of anilines is 1. The Hall–Kier alpha value is -3.54. The highest BCUT2D eigenvalue weighted by Gasteiger charge is 2.38. The summed E-state index contributed by atoms with van der Waals surface area (Å²) in [5, 5.41) is 9.48. The molecule has 6 heteroatoms. The summed E-state index contributed by atoms with van der Waals surface area (Å²) in [5.74, 6) is -0.0344. The molecule has 3 rings (SSSR count). The quantitative estimate of drug-likeness (QED) is 0.592. The molecule has 0 saturated heterocycles. The predicted octanol–water partition coefficient (Wildman–Crippen LogP) is 4.06. The van der Waals surface area contributed by atoms with Gasteiger partial charge in [0.25, 0.3) is 5.91 Å². The van der Waals surface area contributed by atoms with Crippen molar-refractivity contribution in [2.45, 2.75) is 20.8 Å². The maximum atomic E-state index is 13.2. The monoisotopic (exact) mass is 393 g/mol.